The normalized spacial score (nSPS) is 12.9. The van der Waals surface area contributed by atoms with Crippen LogP contribution in [0.25, 0.3) is 0 Å². The number of hydrogen-bond acceptors (Lipinski definition) is 3. The third kappa shape index (κ3) is 2.83. The van der Waals surface area contributed by atoms with Gasteiger partial charge in [0.25, 0.3) is 11.8 Å². The second-order valence-electron chi connectivity index (χ2n) is 4.48. The Labute approximate surface area is 125 Å². The average molecular weight is 303 g/mol. The van der Waals surface area contributed by atoms with Crippen LogP contribution in [0.3, 0.4) is 0 Å². The maximum Gasteiger partial charge on any atom is 0.262 e. The van der Waals surface area contributed by atoms with Crippen molar-refractivity contribution < 1.29 is 14.3 Å². The summed E-state index contributed by atoms with van der Waals surface area (Å²) in [5.41, 5.74) is 1.37. The smallest absolute Gasteiger partial charge is 0.262 e. The molecule has 1 aliphatic heterocycles. The molecule has 0 atom stereocenters. The van der Waals surface area contributed by atoms with Crippen LogP contribution in [0.5, 0.6) is 5.75 Å². The fourth-order valence-electron chi connectivity index (χ4n) is 2.03. The predicted octanol–water partition coefficient (Wildman–Crippen LogP) is 2.92. The number of benzene rings is 2. The summed E-state index contributed by atoms with van der Waals surface area (Å²) in [6, 6.07) is 11.8. The monoisotopic (exact) mass is 302 g/mol. The standard InChI is InChI=1S/C15H11ClN2O3/c16-10-4-1-3-9(7-10)15(20)17-11-5-2-6-12-14(11)18-13(19)8-21-12/h1-7H,8H2,(H,17,20)(H,18,19). The van der Waals surface area contributed by atoms with Crippen LogP contribution >= 0.6 is 11.6 Å². The number of carbonyl (C=O) groups is 2. The van der Waals surface area contributed by atoms with E-state index in [0.29, 0.717) is 27.7 Å². The van der Waals surface area contributed by atoms with E-state index in [0.717, 1.165) is 0 Å². The number of ether oxygens (including phenoxy) is 1. The number of para-hydroxylation sites is 1. The van der Waals surface area contributed by atoms with Gasteiger partial charge >= 0.3 is 0 Å². The molecular weight excluding hydrogens is 292 g/mol. The highest BCUT2D eigenvalue weighted by Crippen LogP contribution is 2.35. The molecule has 5 nitrogen and oxygen atoms in total. The molecule has 106 valence electrons. The van der Waals surface area contributed by atoms with Crippen LogP contribution in [0.4, 0.5) is 11.4 Å². The number of anilines is 2. The number of halogens is 1. The largest absolute Gasteiger partial charge is 0.481 e. The van der Waals surface area contributed by atoms with Gasteiger partial charge in [-0.3, -0.25) is 9.59 Å². The number of carbonyl (C=O) groups excluding carboxylic acids is 2. The van der Waals surface area contributed by atoms with Gasteiger partial charge in [-0.05, 0) is 30.3 Å². The third-order valence-corrected chi connectivity index (χ3v) is 3.22. The molecule has 1 heterocycles. The predicted molar refractivity (Wildman–Crippen MR) is 80.0 cm³/mol. The van der Waals surface area contributed by atoms with Gasteiger partial charge in [0.15, 0.2) is 6.61 Å². The second kappa shape index (κ2) is 5.46. The van der Waals surface area contributed by atoms with Crippen LogP contribution in [0.2, 0.25) is 5.02 Å². The van der Waals surface area contributed by atoms with Gasteiger partial charge < -0.3 is 15.4 Å². The molecule has 1 aliphatic rings. The summed E-state index contributed by atoms with van der Waals surface area (Å²) < 4.78 is 5.30. The zero-order chi connectivity index (χ0) is 14.8. The average Bonchev–Trinajstić information content (AvgIpc) is 2.48. The molecule has 0 aliphatic carbocycles. The van der Waals surface area contributed by atoms with Crippen LogP contribution in [0.15, 0.2) is 42.5 Å². The summed E-state index contributed by atoms with van der Waals surface area (Å²) >= 11 is 5.87. The van der Waals surface area contributed by atoms with Crippen LogP contribution in [0, 0.1) is 0 Å². The van der Waals surface area contributed by atoms with Crippen LogP contribution in [0.1, 0.15) is 10.4 Å². The SMILES string of the molecule is O=C1COc2cccc(NC(=O)c3cccc(Cl)c3)c2N1. The lowest BCUT2D eigenvalue weighted by Crippen LogP contribution is -2.26. The van der Waals surface area contributed by atoms with Crippen molar-refractivity contribution in [1.29, 1.82) is 0 Å². The van der Waals surface area contributed by atoms with E-state index in [1.165, 1.54) is 0 Å². The molecule has 2 aromatic carbocycles. The Bertz CT molecular complexity index is 731. The number of amides is 2. The molecule has 2 N–H and O–H groups in total. The molecule has 0 bridgehead atoms. The third-order valence-electron chi connectivity index (χ3n) is 2.98. The van der Waals surface area contributed by atoms with Crippen LogP contribution < -0.4 is 15.4 Å². The summed E-state index contributed by atoms with van der Waals surface area (Å²) in [6.45, 7) is -0.0291. The van der Waals surface area contributed by atoms with Gasteiger partial charge in [0.2, 0.25) is 0 Å². The Morgan fingerprint density at radius 3 is 2.86 bits per heavy atom. The summed E-state index contributed by atoms with van der Waals surface area (Å²) in [7, 11) is 0. The Balaban J connectivity index is 1.89. The molecule has 0 unspecified atom stereocenters. The van der Waals surface area contributed by atoms with Gasteiger partial charge in [0, 0.05) is 10.6 Å². The lowest BCUT2D eigenvalue weighted by atomic mass is 10.2. The molecule has 0 saturated carbocycles. The second-order valence-corrected chi connectivity index (χ2v) is 4.92. The molecular formula is C15H11ClN2O3. The highest BCUT2D eigenvalue weighted by atomic mass is 35.5. The summed E-state index contributed by atoms with van der Waals surface area (Å²) in [4.78, 5) is 23.6. The molecule has 3 rings (SSSR count). The fraction of sp³-hybridized carbons (Fsp3) is 0.0667. The van der Waals surface area contributed by atoms with Gasteiger partial charge in [0.05, 0.1) is 5.69 Å². The summed E-state index contributed by atoms with van der Waals surface area (Å²) in [6.07, 6.45) is 0. The van der Waals surface area contributed by atoms with E-state index in [1.807, 2.05) is 0 Å². The maximum atomic E-state index is 12.2. The van der Waals surface area contributed by atoms with Crippen molar-refractivity contribution in [3.8, 4) is 5.75 Å². The van der Waals surface area contributed by atoms with Crippen molar-refractivity contribution in [3.05, 3.63) is 53.1 Å². The summed E-state index contributed by atoms with van der Waals surface area (Å²) in [5, 5.41) is 5.91. The van der Waals surface area contributed by atoms with E-state index >= 15 is 0 Å². The Kier molecular flexibility index (Phi) is 3.50. The van der Waals surface area contributed by atoms with Crippen LogP contribution in [-0.2, 0) is 4.79 Å². The number of rotatable bonds is 2. The fourth-order valence-corrected chi connectivity index (χ4v) is 2.22. The van der Waals surface area contributed by atoms with Crippen molar-refractivity contribution >= 4 is 34.8 Å². The van der Waals surface area contributed by atoms with E-state index in [2.05, 4.69) is 10.6 Å². The molecule has 21 heavy (non-hydrogen) atoms. The molecule has 0 fully saturated rings. The number of hydrogen-bond donors (Lipinski definition) is 2. The van der Waals surface area contributed by atoms with Crippen LogP contribution in [-0.4, -0.2) is 18.4 Å². The van der Waals surface area contributed by atoms with Gasteiger partial charge in [-0.2, -0.15) is 0 Å². The minimum absolute atomic E-state index is 0.0291. The van der Waals surface area contributed by atoms with E-state index in [4.69, 9.17) is 16.3 Å². The highest BCUT2D eigenvalue weighted by Gasteiger charge is 2.20. The van der Waals surface area contributed by atoms with E-state index in [-0.39, 0.29) is 18.4 Å². The number of fused-ring (bicyclic) bond motifs is 1. The van der Waals surface area contributed by atoms with Crippen molar-refractivity contribution in [1.82, 2.24) is 0 Å². The first-order valence-electron chi connectivity index (χ1n) is 6.26. The van der Waals surface area contributed by atoms with E-state index in [1.54, 1.807) is 42.5 Å². The Hall–Kier alpha value is -2.53. The molecule has 0 radical (unpaired) electrons. The van der Waals surface area contributed by atoms with E-state index < -0.39 is 0 Å². The topological polar surface area (TPSA) is 67.4 Å². The quantitative estimate of drug-likeness (QED) is 0.896. The first-order valence-corrected chi connectivity index (χ1v) is 6.64. The summed E-state index contributed by atoms with van der Waals surface area (Å²) in [5.74, 6) is -0.0452. The Morgan fingerprint density at radius 1 is 1.24 bits per heavy atom. The first kappa shape index (κ1) is 13.5. The van der Waals surface area contributed by atoms with E-state index in [9.17, 15) is 9.59 Å². The van der Waals surface area contributed by atoms with Crippen molar-refractivity contribution in [2.45, 2.75) is 0 Å². The molecule has 6 heteroatoms. The zero-order valence-corrected chi connectivity index (χ0v) is 11.6. The van der Waals surface area contributed by atoms with Crippen molar-refractivity contribution in [3.63, 3.8) is 0 Å². The molecule has 0 saturated heterocycles. The maximum absolute atomic E-state index is 12.2. The Morgan fingerprint density at radius 2 is 2.05 bits per heavy atom. The molecule has 0 spiro atoms. The minimum atomic E-state index is -0.314. The molecule has 2 amide bonds. The first-order chi connectivity index (χ1) is 10.1. The van der Waals surface area contributed by atoms with Gasteiger partial charge in [-0.1, -0.05) is 23.7 Å². The molecule has 0 aromatic heterocycles. The van der Waals surface area contributed by atoms with Crippen molar-refractivity contribution in [2.75, 3.05) is 17.2 Å². The van der Waals surface area contributed by atoms with Gasteiger partial charge in [0.1, 0.15) is 11.4 Å². The van der Waals surface area contributed by atoms with Gasteiger partial charge in [-0.25, -0.2) is 0 Å². The highest BCUT2D eigenvalue weighted by molar-refractivity contribution is 6.31. The molecule has 2 aromatic rings. The lowest BCUT2D eigenvalue weighted by Gasteiger charge is -2.20. The van der Waals surface area contributed by atoms with Gasteiger partial charge in [-0.15, -0.1) is 0 Å². The van der Waals surface area contributed by atoms with Crippen molar-refractivity contribution in [2.24, 2.45) is 0 Å². The minimum Gasteiger partial charge on any atom is -0.481 e. The lowest BCUT2D eigenvalue weighted by molar-refractivity contribution is -0.118. The zero-order valence-electron chi connectivity index (χ0n) is 10.9. The number of nitrogens with one attached hydrogen (secondary N) is 2.